The fraction of sp³-hybridized carbons (Fsp3) is 0.875. The summed E-state index contributed by atoms with van der Waals surface area (Å²) in [5, 5.41) is 0. The van der Waals surface area contributed by atoms with Gasteiger partial charge in [0.1, 0.15) is 0 Å². The maximum atomic E-state index is 10.0. The molecule has 2 fully saturated rings. The standard InChI is InChI=1S/C8H12N2O/c11-6-9-7-3-5-10-4-1-2-8(7)10/h7-8H,1-5H2. The van der Waals surface area contributed by atoms with Gasteiger partial charge >= 0.3 is 0 Å². The first-order chi connectivity index (χ1) is 5.42. The van der Waals surface area contributed by atoms with Crippen LogP contribution >= 0.6 is 0 Å². The van der Waals surface area contributed by atoms with E-state index < -0.39 is 0 Å². The minimum Gasteiger partial charge on any atom is -0.298 e. The van der Waals surface area contributed by atoms with Crippen molar-refractivity contribution in [3.05, 3.63) is 0 Å². The minimum atomic E-state index is 0.259. The third-order valence-electron chi connectivity index (χ3n) is 2.79. The molecule has 0 aliphatic carbocycles. The lowest BCUT2D eigenvalue weighted by molar-refractivity contribution is 0.314. The van der Waals surface area contributed by atoms with E-state index in [1.807, 2.05) is 0 Å². The summed E-state index contributed by atoms with van der Waals surface area (Å²) in [7, 11) is 0. The van der Waals surface area contributed by atoms with Gasteiger partial charge in [-0.25, -0.2) is 9.79 Å². The van der Waals surface area contributed by atoms with Crippen LogP contribution in [0.25, 0.3) is 0 Å². The van der Waals surface area contributed by atoms with Crippen LogP contribution in [0.2, 0.25) is 0 Å². The Morgan fingerprint density at radius 3 is 3.09 bits per heavy atom. The van der Waals surface area contributed by atoms with E-state index in [1.54, 1.807) is 6.08 Å². The second-order valence-corrected chi connectivity index (χ2v) is 3.32. The Kier molecular flexibility index (Phi) is 1.76. The van der Waals surface area contributed by atoms with Gasteiger partial charge < -0.3 is 0 Å². The predicted octanol–water partition coefficient (Wildman–Crippen LogP) is 0.559. The summed E-state index contributed by atoms with van der Waals surface area (Å²) in [6.07, 6.45) is 5.22. The molecule has 2 atom stereocenters. The SMILES string of the molecule is O=C=NC1CCN2CCCC12. The van der Waals surface area contributed by atoms with E-state index >= 15 is 0 Å². The molecule has 0 bridgehead atoms. The van der Waals surface area contributed by atoms with Crippen LogP contribution in [0.4, 0.5) is 0 Å². The van der Waals surface area contributed by atoms with Crippen LogP contribution in [0.1, 0.15) is 19.3 Å². The fourth-order valence-electron chi connectivity index (χ4n) is 2.27. The zero-order valence-corrected chi connectivity index (χ0v) is 6.49. The molecule has 2 saturated heterocycles. The summed E-state index contributed by atoms with van der Waals surface area (Å²) in [4.78, 5) is 16.3. The van der Waals surface area contributed by atoms with E-state index in [1.165, 1.54) is 19.4 Å². The molecule has 0 amide bonds. The van der Waals surface area contributed by atoms with Crippen molar-refractivity contribution in [3.63, 3.8) is 0 Å². The Morgan fingerprint density at radius 2 is 2.27 bits per heavy atom. The van der Waals surface area contributed by atoms with Crippen LogP contribution < -0.4 is 0 Å². The molecule has 0 spiro atoms. The van der Waals surface area contributed by atoms with Crippen molar-refractivity contribution in [2.45, 2.75) is 31.3 Å². The second-order valence-electron chi connectivity index (χ2n) is 3.32. The number of hydrogen-bond acceptors (Lipinski definition) is 3. The van der Waals surface area contributed by atoms with Gasteiger partial charge in [0.25, 0.3) is 0 Å². The van der Waals surface area contributed by atoms with Gasteiger partial charge in [-0.05, 0) is 25.8 Å². The van der Waals surface area contributed by atoms with Crippen molar-refractivity contribution in [1.82, 2.24) is 4.90 Å². The first-order valence-corrected chi connectivity index (χ1v) is 4.23. The first kappa shape index (κ1) is 7.01. The molecule has 2 unspecified atom stereocenters. The van der Waals surface area contributed by atoms with Crippen LogP contribution in [-0.4, -0.2) is 36.2 Å². The van der Waals surface area contributed by atoms with Crippen LogP contribution in [0.15, 0.2) is 4.99 Å². The Bertz CT molecular complexity index is 198. The van der Waals surface area contributed by atoms with Crippen molar-refractivity contribution in [2.75, 3.05) is 13.1 Å². The Morgan fingerprint density at radius 1 is 1.36 bits per heavy atom. The summed E-state index contributed by atoms with van der Waals surface area (Å²) < 4.78 is 0. The molecule has 11 heavy (non-hydrogen) atoms. The highest BCUT2D eigenvalue weighted by Crippen LogP contribution is 2.29. The summed E-state index contributed by atoms with van der Waals surface area (Å²) in [5.41, 5.74) is 0. The van der Waals surface area contributed by atoms with E-state index in [-0.39, 0.29) is 6.04 Å². The van der Waals surface area contributed by atoms with Gasteiger partial charge in [-0.2, -0.15) is 0 Å². The third-order valence-corrected chi connectivity index (χ3v) is 2.79. The highest BCUT2D eigenvalue weighted by molar-refractivity contribution is 5.34. The van der Waals surface area contributed by atoms with Gasteiger partial charge in [0.05, 0.1) is 6.04 Å². The largest absolute Gasteiger partial charge is 0.298 e. The van der Waals surface area contributed by atoms with Crippen LogP contribution in [0.5, 0.6) is 0 Å². The molecule has 2 aliphatic rings. The topological polar surface area (TPSA) is 32.7 Å². The van der Waals surface area contributed by atoms with E-state index in [0.717, 1.165) is 13.0 Å². The highest BCUT2D eigenvalue weighted by atomic mass is 16.1. The zero-order chi connectivity index (χ0) is 7.68. The number of isocyanates is 1. The van der Waals surface area contributed by atoms with Gasteiger partial charge in [-0.15, -0.1) is 0 Å². The number of hydrogen-bond donors (Lipinski definition) is 0. The molecular formula is C8H12N2O. The van der Waals surface area contributed by atoms with Gasteiger partial charge in [0.15, 0.2) is 0 Å². The van der Waals surface area contributed by atoms with Gasteiger partial charge in [0, 0.05) is 12.6 Å². The lowest BCUT2D eigenvalue weighted by Crippen LogP contribution is -2.27. The Balaban J connectivity index is 2.08. The third kappa shape index (κ3) is 1.10. The summed E-state index contributed by atoms with van der Waals surface area (Å²) >= 11 is 0. The van der Waals surface area contributed by atoms with Crippen molar-refractivity contribution in [3.8, 4) is 0 Å². The van der Waals surface area contributed by atoms with E-state index in [9.17, 15) is 4.79 Å². The fourth-order valence-corrected chi connectivity index (χ4v) is 2.27. The molecule has 0 radical (unpaired) electrons. The molecule has 0 N–H and O–H groups in total. The van der Waals surface area contributed by atoms with Crippen molar-refractivity contribution in [1.29, 1.82) is 0 Å². The van der Waals surface area contributed by atoms with Crippen LogP contribution in [-0.2, 0) is 4.79 Å². The number of carbonyl (C=O) groups excluding carboxylic acids is 1. The normalized spacial score (nSPS) is 36.7. The molecule has 0 aromatic rings. The molecule has 2 heterocycles. The average Bonchev–Trinajstić information content (AvgIpc) is 2.53. The van der Waals surface area contributed by atoms with E-state index in [2.05, 4.69) is 9.89 Å². The molecule has 60 valence electrons. The Labute approximate surface area is 66.1 Å². The number of aliphatic imine (C=N–C) groups is 1. The number of nitrogens with zero attached hydrogens (tertiary/aromatic N) is 2. The van der Waals surface area contributed by atoms with Gasteiger partial charge in [-0.1, -0.05) is 0 Å². The van der Waals surface area contributed by atoms with Crippen molar-refractivity contribution < 1.29 is 4.79 Å². The molecule has 0 saturated carbocycles. The van der Waals surface area contributed by atoms with Gasteiger partial charge in [0.2, 0.25) is 6.08 Å². The Hall–Kier alpha value is -0.660. The summed E-state index contributed by atoms with van der Waals surface area (Å²) in [6.45, 7) is 2.33. The molecule has 3 nitrogen and oxygen atoms in total. The lowest BCUT2D eigenvalue weighted by Gasteiger charge is -2.15. The van der Waals surface area contributed by atoms with Crippen LogP contribution in [0, 0.1) is 0 Å². The van der Waals surface area contributed by atoms with Crippen molar-refractivity contribution in [2.24, 2.45) is 4.99 Å². The summed E-state index contributed by atoms with van der Waals surface area (Å²) in [6, 6.07) is 0.825. The highest BCUT2D eigenvalue weighted by Gasteiger charge is 2.36. The second kappa shape index (κ2) is 2.76. The average molecular weight is 152 g/mol. The molecule has 2 rings (SSSR count). The first-order valence-electron chi connectivity index (χ1n) is 4.23. The molecule has 0 aromatic carbocycles. The number of fused-ring (bicyclic) bond motifs is 1. The van der Waals surface area contributed by atoms with E-state index in [0.29, 0.717) is 6.04 Å². The quantitative estimate of drug-likeness (QED) is 0.406. The van der Waals surface area contributed by atoms with Crippen molar-refractivity contribution >= 4 is 6.08 Å². The maximum Gasteiger partial charge on any atom is 0.235 e. The zero-order valence-electron chi connectivity index (χ0n) is 6.49. The monoisotopic (exact) mass is 152 g/mol. The lowest BCUT2D eigenvalue weighted by atomic mass is 10.1. The molecular weight excluding hydrogens is 140 g/mol. The maximum absolute atomic E-state index is 10.0. The van der Waals surface area contributed by atoms with E-state index in [4.69, 9.17) is 0 Å². The summed E-state index contributed by atoms with van der Waals surface area (Å²) in [5.74, 6) is 0. The minimum absolute atomic E-state index is 0.259. The molecule has 2 aliphatic heterocycles. The smallest absolute Gasteiger partial charge is 0.235 e. The number of rotatable bonds is 1. The van der Waals surface area contributed by atoms with Gasteiger partial charge in [-0.3, -0.25) is 4.90 Å². The molecule has 0 aromatic heterocycles. The predicted molar refractivity (Wildman–Crippen MR) is 41.1 cm³/mol. The molecule has 3 heteroatoms. The van der Waals surface area contributed by atoms with Crippen LogP contribution in [0.3, 0.4) is 0 Å².